The molecule has 0 saturated carbocycles. The summed E-state index contributed by atoms with van der Waals surface area (Å²) >= 11 is 7.59. The monoisotopic (exact) mass is 376 g/mol. The Morgan fingerprint density at radius 2 is 2.04 bits per heavy atom. The maximum Gasteiger partial charge on any atom is 0.244 e. The van der Waals surface area contributed by atoms with Crippen LogP contribution in [0.3, 0.4) is 0 Å². The highest BCUT2D eigenvalue weighted by atomic mass is 35.5. The second kappa shape index (κ2) is 9.15. The first-order chi connectivity index (χ1) is 12.2. The quantitative estimate of drug-likeness (QED) is 0.783. The first-order valence-corrected chi connectivity index (χ1v) is 9.55. The molecule has 1 aromatic heterocycles. The Kier molecular flexibility index (Phi) is 6.64. The number of halogens is 1. The van der Waals surface area contributed by atoms with Gasteiger partial charge in [-0.25, -0.2) is 0 Å². The maximum atomic E-state index is 12.2. The van der Waals surface area contributed by atoms with E-state index in [1.807, 2.05) is 24.3 Å². The molecule has 2 aromatic rings. The van der Waals surface area contributed by atoms with Gasteiger partial charge in [-0.1, -0.05) is 29.8 Å². The van der Waals surface area contributed by atoms with E-state index in [2.05, 4.69) is 27.7 Å². The summed E-state index contributed by atoms with van der Waals surface area (Å²) in [4.78, 5) is 15.8. The summed E-state index contributed by atoms with van der Waals surface area (Å²) in [7, 11) is 0. The van der Waals surface area contributed by atoms with Crippen LogP contribution >= 0.6 is 22.9 Å². The molecule has 6 heteroatoms. The predicted octanol–water partition coefficient (Wildman–Crippen LogP) is 3.60. The molecular weight excluding hydrogens is 356 g/mol. The zero-order chi connectivity index (χ0) is 17.5. The highest BCUT2D eigenvalue weighted by molar-refractivity contribution is 7.10. The van der Waals surface area contributed by atoms with E-state index in [1.54, 1.807) is 23.5 Å². The molecule has 1 atom stereocenters. The van der Waals surface area contributed by atoms with Crippen LogP contribution in [-0.4, -0.2) is 43.7 Å². The van der Waals surface area contributed by atoms with Crippen molar-refractivity contribution in [2.75, 3.05) is 32.8 Å². The summed E-state index contributed by atoms with van der Waals surface area (Å²) in [5.74, 6) is -0.0928. The number of benzene rings is 1. The molecule has 0 bridgehead atoms. The lowest BCUT2D eigenvalue weighted by Gasteiger charge is -2.34. The molecule has 1 unspecified atom stereocenters. The Morgan fingerprint density at radius 1 is 1.28 bits per heavy atom. The summed E-state index contributed by atoms with van der Waals surface area (Å²) in [5.41, 5.74) is 0.947. The first-order valence-electron chi connectivity index (χ1n) is 8.29. The number of ether oxygens (including phenoxy) is 1. The highest BCUT2D eigenvalue weighted by Crippen LogP contribution is 2.25. The summed E-state index contributed by atoms with van der Waals surface area (Å²) in [6.45, 7) is 3.85. The number of nitrogens with zero attached hydrogens (tertiary/aromatic N) is 1. The van der Waals surface area contributed by atoms with Crippen LogP contribution in [0.15, 0.2) is 47.9 Å². The van der Waals surface area contributed by atoms with Gasteiger partial charge >= 0.3 is 0 Å². The Hall–Kier alpha value is -1.66. The Balaban J connectivity index is 1.58. The van der Waals surface area contributed by atoms with Crippen LogP contribution in [0, 0.1) is 0 Å². The number of carbonyl (C=O) groups excluding carboxylic acids is 1. The molecule has 1 aliphatic heterocycles. The average Bonchev–Trinajstić information content (AvgIpc) is 3.17. The van der Waals surface area contributed by atoms with Gasteiger partial charge in [0.05, 0.1) is 19.3 Å². The highest BCUT2D eigenvalue weighted by Gasteiger charge is 2.23. The van der Waals surface area contributed by atoms with E-state index in [-0.39, 0.29) is 11.9 Å². The molecule has 1 fully saturated rings. The molecule has 0 spiro atoms. The summed E-state index contributed by atoms with van der Waals surface area (Å²) < 4.78 is 5.44. The number of thiophene rings is 1. The normalized spacial score (nSPS) is 16.8. The summed E-state index contributed by atoms with van der Waals surface area (Å²) in [6, 6.07) is 11.8. The van der Waals surface area contributed by atoms with Gasteiger partial charge in [-0.3, -0.25) is 9.69 Å². The number of hydrogen-bond acceptors (Lipinski definition) is 4. The van der Waals surface area contributed by atoms with Gasteiger partial charge < -0.3 is 10.1 Å². The molecule has 4 nitrogen and oxygen atoms in total. The van der Waals surface area contributed by atoms with Crippen molar-refractivity contribution in [3.8, 4) is 0 Å². The minimum Gasteiger partial charge on any atom is -0.379 e. The lowest BCUT2D eigenvalue weighted by atomic mass is 10.2. The van der Waals surface area contributed by atoms with Gasteiger partial charge in [0.1, 0.15) is 0 Å². The number of rotatable bonds is 6. The predicted molar refractivity (Wildman–Crippen MR) is 103 cm³/mol. The van der Waals surface area contributed by atoms with Gasteiger partial charge in [0.25, 0.3) is 0 Å². The van der Waals surface area contributed by atoms with Gasteiger partial charge in [0.15, 0.2) is 0 Å². The third-order valence-electron chi connectivity index (χ3n) is 4.12. The Bertz CT molecular complexity index is 695. The molecule has 132 valence electrons. The molecule has 1 amide bonds. The summed E-state index contributed by atoms with van der Waals surface area (Å²) in [6.07, 6.45) is 3.36. The van der Waals surface area contributed by atoms with E-state index in [9.17, 15) is 4.79 Å². The largest absolute Gasteiger partial charge is 0.379 e. The molecule has 2 heterocycles. The second-order valence-electron chi connectivity index (χ2n) is 5.81. The third kappa shape index (κ3) is 5.41. The van der Waals surface area contributed by atoms with Gasteiger partial charge in [-0.15, -0.1) is 11.3 Å². The molecule has 1 aromatic carbocycles. The number of hydrogen-bond donors (Lipinski definition) is 1. The van der Waals surface area contributed by atoms with Gasteiger partial charge in [0.2, 0.25) is 5.91 Å². The van der Waals surface area contributed by atoms with E-state index in [0.29, 0.717) is 11.6 Å². The molecule has 0 radical (unpaired) electrons. The van der Waals surface area contributed by atoms with Crippen LogP contribution in [-0.2, 0) is 9.53 Å². The zero-order valence-corrected chi connectivity index (χ0v) is 15.4. The van der Waals surface area contributed by atoms with Crippen molar-refractivity contribution in [3.05, 3.63) is 63.3 Å². The fraction of sp³-hybridized carbons (Fsp3) is 0.316. The molecule has 1 saturated heterocycles. The fourth-order valence-electron chi connectivity index (χ4n) is 2.78. The number of morpholine rings is 1. The first kappa shape index (κ1) is 18.1. The van der Waals surface area contributed by atoms with Crippen LogP contribution in [0.4, 0.5) is 0 Å². The van der Waals surface area contributed by atoms with E-state index in [1.165, 1.54) is 4.88 Å². The second-order valence-corrected chi connectivity index (χ2v) is 7.23. The average molecular weight is 377 g/mol. The molecule has 3 rings (SSSR count). The van der Waals surface area contributed by atoms with Crippen LogP contribution in [0.2, 0.25) is 5.02 Å². The van der Waals surface area contributed by atoms with Crippen molar-refractivity contribution >= 4 is 34.9 Å². The van der Waals surface area contributed by atoms with E-state index >= 15 is 0 Å². The smallest absolute Gasteiger partial charge is 0.244 e. The van der Waals surface area contributed by atoms with Crippen molar-refractivity contribution in [1.82, 2.24) is 10.2 Å². The minimum absolute atomic E-state index is 0.0928. The van der Waals surface area contributed by atoms with Gasteiger partial charge in [-0.2, -0.15) is 0 Å². The number of carbonyl (C=O) groups is 1. The van der Waals surface area contributed by atoms with E-state index in [0.717, 1.165) is 31.9 Å². The fourth-order valence-corrected chi connectivity index (χ4v) is 3.77. The van der Waals surface area contributed by atoms with Crippen LogP contribution in [0.5, 0.6) is 0 Å². The molecular formula is C19H21ClN2O2S. The maximum absolute atomic E-state index is 12.2. The van der Waals surface area contributed by atoms with Gasteiger partial charge in [-0.05, 0) is 35.2 Å². The minimum atomic E-state index is -0.0928. The summed E-state index contributed by atoms with van der Waals surface area (Å²) in [5, 5.41) is 5.78. The van der Waals surface area contributed by atoms with Crippen molar-refractivity contribution < 1.29 is 9.53 Å². The van der Waals surface area contributed by atoms with E-state index < -0.39 is 0 Å². The molecule has 0 aliphatic carbocycles. The van der Waals surface area contributed by atoms with E-state index in [4.69, 9.17) is 16.3 Å². The van der Waals surface area contributed by atoms with Crippen LogP contribution in [0.25, 0.3) is 6.08 Å². The zero-order valence-electron chi connectivity index (χ0n) is 13.9. The standard InChI is InChI=1S/C19H21ClN2O2S/c20-16-6-3-15(4-7-16)5-8-19(23)21-14-17(18-2-1-13-25-18)22-9-11-24-12-10-22/h1-8,13,17H,9-12,14H2,(H,21,23)/b8-5+. The third-order valence-corrected chi connectivity index (χ3v) is 5.35. The molecule has 1 N–H and O–H groups in total. The lowest BCUT2D eigenvalue weighted by molar-refractivity contribution is -0.116. The van der Waals surface area contributed by atoms with Crippen LogP contribution in [0.1, 0.15) is 16.5 Å². The van der Waals surface area contributed by atoms with Crippen molar-refractivity contribution in [2.24, 2.45) is 0 Å². The van der Waals surface area contributed by atoms with Crippen LogP contribution < -0.4 is 5.32 Å². The molecule has 25 heavy (non-hydrogen) atoms. The topological polar surface area (TPSA) is 41.6 Å². The van der Waals surface area contributed by atoms with Gasteiger partial charge in [0, 0.05) is 35.6 Å². The van der Waals surface area contributed by atoms with Crippen molar-refractivity contribution in [2.45, 2.75) is 6.04 Å². The van der Waals surface area contributed by atoms with Crippen molar-refractivity contribution in [1.29, 1.82) is 0 Å². The van der Waals surface area contributed by atoms with Crippen molar-refractivity contribution in [3.63, 3.8) is 0 Å². The number of amides is 1. The Morgan fingerprint density at radius 3 is 2.72 bits per heavy atom. The Labute approximate surface area is 157 Å². The lowest BCUT2D eigenvalue weighted by Crippen LogP contribution is -2.43. The number of nitrogens with one attached hydrogen (secondary N) is 1. The molecule has 1 aliphatic rings. The SMILES string of the molecule is O=C(/C=C/c1ccc(Cl)cc1)NCC(c1cccs1)N1CCOCC1.